The summed E-state index contributed by atoms with van der Waals surface area (Å²) in [7, 11) is 0. The van der Waals surface area contributed by atoms with Gasteiger partial charge in [0, 0.05) is 18.7 Å². The largest absolute Gasteiger partial charge is 0.491 e. The van der Waals surface area contributed by atoms with E-state index in [1.807, 2.05) is 4.57 Å². The molecule has 0 saturated heterocycles. The van der Waals surface area contributed by atoms with Gasteiger partial charge >= 0.3 is 0 Å². The van der Waals surface area contributed by atoms with Crippen molar-refractivity contribution in [2.45, 2.75) is 6.54 Å². The van der Waals surface area contributed by atoms with E-state index in [4.69, 9.17) is 0 Å². The Kier molecular flexibility index (Phi) is 1.95. The van der Waals surface area contributed by atoms with E-state index in [1.54, 1.807) is 12.2 Å². The number of aromatic hydroxyl groups is 1. The van der Waals surface area contributed by atoms with Crippen molar-refractivity contribution in [2.24, 2.45) is 0 Å². The molecule has 0 saturated carbocycles. The Labute approximate surface area is 98.5 Å². The summed E-state index contributed by atoms with van der Waals surface area (Å²) < 4.78 is 1.93. The van der Waals surface area contributed by atoms with Gasteiger partial charge in [0.05, 0.1) is 5.69 Å². The highest BCUT2D eigenvalue weighted by molar-refractivity contribution is 5.79. The first-order valence-electron chi connectivity index (χ1n) is 5.38. The van der Waals surface area contributed by atoms with Gasteiger partial charge in [-0.15, -0.1) is 0 Å². The van der Waals surface area contributed by atoms with Crippen LogP contribution in [0.1, 0.15) is 11.3 Å². The van der Waals surface area contributed by atoms with E-state index >= 15 is 0 Å². The second-order valence-corrected chi connectivity index (χ2v) is 3.85. The summed E-state index contributed by atoms with van der Waals surface area (Å²) in [5, 5.41) is 12.9. The Hall–Kier alpha value is -2.30. The molecule has 0 bridgehead atoms. The van der Waals surface area contributed by atoms with Gasteiger partial charge in [0.25, 0.3) is 5.88 Å². The third-order valence-electron chi connectivity index (χ3n) is 2.95. The van der Waals surface area contributed by atoms with Crippen LogP contribution in [0.3, 0.4) is 0 Å². The minimum atomic E-state index is 0.00103. The Morgan fingerprint density at radius 1 is 1.29 bits per heavy atom. The predicted octanol–water partition coefficient (Wildman–Crippen LogP) is 1.80. The smallest absolute Gasteiger partial charge is 0.253 e. The van der Waals surface area contributed by atoms with Gasteiger partial charge in [-0.2, -0.15) is 0 Å². The fraction of sp³-hybridized carbons (Fsp3) is 0.167. The molecule has 3 aliphatic rings. The molecule has 0 spiro atoms. The lowest BCUT2D eigenvalue weighted by molar-refractivity contribution is 0.451. The summed E-state index contributed by atoms with van der Waals surface area (Å²) in [6, 6.07) is 0. The lowest BCUT2D eigenvalue weighted by Gasteiger charge is -2.09. The third kappa shape index (κ3) is 1.19. The maximum absolute atomic E-state index is 9.85. The van der Waals surface area contributed by atoms with Crippen LogP contribution in [-0.4, -0.2) is 26.2 Å². The number of hydrogen-bond donors (Lipinski definition) is 2. The van der Waals surface area contributed by atoms with Crippen LogP contribution in [0.4, 0.5) is 5.82 Å². The van der Waals surface area contributed by atoms with Crippen LogP contribution in [0.25, 0.3) is 23.7 Å². The monoisotopic (exact) mass is 228 g/mol. The molecular weight excluding hydrogens is 216 g/mol. The van der Waals surface area contributed by atoms with Crippen molar-refractivity contribution in [2.75, 3.05) is 11.9 Å². The molecule has 17 heavy (non-hydrogen) atoms. The average molecular weight is 228 g/mol. The number of anilines is 1. The molecule has 0 fully saturated rings. The van der Waals surface area contributed by atoms with Crippen molar-refractivity contribution in [3.63, 3.8) is 0 Å². The number of fused-ring (bicyclic) bond motifs is 3. The molecule has 86 valence electrons. The van der Waals surface area contributed by atoms with E-state index in [1.165, 1.54) is 0 Å². The summed E-state index contributed by atoms with van der Waals surface area (Å²) in [5.74, 6) is 1.38. The molecule has 0 atom stereocenters. The molecule has 3 aliphatic heterocycles. The van der Waals surface area contributed by atoms with Crippen LogP contribution in [0, 0.1) is 0 Å². The topological polar surface area (TPSA) is 63.0 Å². The maximum atomic E-state index is 9.85. The lowest BCUT2D eigenvalue weighted by atomic mass is 10.2. The second-order valence-electron chi connectivity index (χ2n) is 3.85. The summed E-state index contributed by atoms with van der Waals surface area (Å²) in [5.41, 5.74) is 2.22. The van der Waals surface area contributed by atoms with Crippen LogP contribution < -0.4 is 5.32 Å². The molecule has 2 N–H and O–H groups in total. The van der Waals surface area contributed by atoms with Gasteiger partial charge in [-0.1, -0.05) is 19.2 Å². The number of rotatable bonds is 2. The Morgan fingerprint density at radius 2 is 2.12 bits per heavy atom. The first kappa shape index (κ1) is 9.89. The van der Waals surface area contributed by atoms with Crippen molar-refractivity contribution in [1.29, 1.82) is 0 Å². The Balaban J connectivity index is 2.40. The highest BCUT2D eigenvalue weighted by atomic mass is 16.3. The quantitative estimate of drug-likeness (QED) is 0.822. The minimum Gasteiger partial charge on any atom is -0.491 e. The normalized spacial score (nSPS) is 13.4. The number of nitrogens with one attached hydrogen (secondary N) is 1. The van der Waals surface area contributed by atoms with Crippen molar-refractivity contribution in [3.05, 3.63) is 24.4 Å². The summed E-state index contributed by atoms with van der Waals surface area (Å²) in [6.07, 6.45) is 3.36. The number of aromatic nitrogens is 3. The van der Waals surface area contributed by atoms with Gasteiger partial charge in [0.2, 0.25) is 0 Å². The fourth-order valence-electron chi connectivity index (χ4n) is 2.19. The molecular formula is C12H12N4O. The number of hydrogen-bond acceptors (Lipinski definition) is 4. The van der Waals surface area contributed by atoms with Crippen LogP contribution >= 0.6 is 0 Å². The maximum Gasteiger partial charge on any atom is 0.253 e. The standard InChI is InChI=1S/C12H12N4O/c1-3-7-8(4-2)14-10-9(7)15-12(17)11-13-5-6-16(10)11/h3-4,13,17H,1-2,5-6H2. The molecule has 0 aliphatic carbocycles. The zero-order chi connectivity index (χ0) is 12.0. The van der Waals surface area contributed by atoms with Crippen molar-refractivity contribution in [3.8, 4) is 17.4 Å². The van der Waals surface area contributed by atoms with Crippen molar-refractivity contribution in [1.82, 2.24) is 14.5 Å². The lowest BCUT2D eigenvalue weighted by Crippen LogP contribution is -2.02. The Bertz CT molecular complexity index is 599. The molecule has 0 aromatic carbocycles. The zero-order valence-corrected chi connectivity index (χ0v) is 9.27. The molecule has 0 unspecified atom stereocenters. The van der Waals surface area contributed by atoms with Gasteiger partial charge in [-0.3, -0.25) is 0 Å². The van der Waals surface area contributed by atoms with Crippen LogP contribution in [0.2, 0.25) is 0 Å². The van der Waals surface area contributed by atoms with Crippen LogP contribution in [0.15, 0.2) is 13.2 Å². The van der Waals surface area contributed by atoms with Gasteiger partial charge in [-0.25, -0.2) is 9.97 Å². The zero-order valence-electron chi connectivity index (χ0n) is 9.27. The van der Waals surface area contributed by atoms with Gasteiger partial charge in [0.15, 0.2) is 11.6 Å². The van der Waals surface area contributed by atoms with Crippen LogP contribution in [-0.2, 0) is 6.54 Å². The van der Waals surface area contributed by atoms with Gasteiger partial charge in [0.1, 0.15) is 5.69 Å². The first-order valence-corrected chi connectivity index (χ1v) is 5.38. The first-order chi connectivity index (χ1) is 8.26. The third-order valence-corrected chi connectivity index (χ3v) is 2.95. The van der Waals surface area contributed by atoms with E-state index in [-0.39, 0.29) is 5.88 Å². The van der Waals surface area contributed by atoms with Crippen molar-refractivity contribution >= 4 is 18.0 Å². The van der Waals surface area contributed by atoms with Crippen LogP contribution in [0.5, 0.6) is 5.88 Å². The predicted molar refractivity (Wildman–Crippen MR) is 67.0 cm³/mol. The summed E-state index contributed by atoms with van der Waals surface area (Å²) >= 11 is 0. The van der Waals surface area contributed by atoms with E-state index in [0.29, 0.717) is 11.5 Å². The van der Waals surface area contributed by atoms with Gasteiger partial charge in [-0.05, 0) is 6.08 Å². The molecule has 0 aromatic heterocycles. The summed E-state index contributed by atoms with van der Waals surface area (Å²) in [4.78, 5) is 8.65. The highest BCUT2D eigenvalue weighted by Gasteiger charge is 2.26. The van der Waals surface area contributed by atoms with E-state index in [2.05, 4.69) is 28.4 Å². The number of nitrogens with zero attached hydrogens (tertiary/aromatic N) is 3. The molecule has 0 radical (unpaired) electrons. The SMILES string of the molecule is C=Cc1nc2n3c(c(O)nc-2c1C=C)NCC3. The minimum absolute atomic E-state index is 0.00103. The highest BCUT2D eigenvalue weighted by Crippen LogP contribution is 2.36. The van der Waals surface area contributed by atoms with E-state index in [0.717, 1.165) is 30.2 Å². The average Bonchev–Trinajstić information content (AvgIpc) is 2.91. The molecule has 5 heteroatoms. The molecule has 3 heterocycles. The fourth-order valence-corrected chi connectivity index (χ4v) is 2.19. The van der Waals surface area contributed by atoms with E-state index < -0.39 is 0 Å². The second kappa shape index (κ2) is 3.35. The summed E-state index contributed by atoms with van der Waals surface area (Å²) in [6.45, 7) is 9.02. The molecule has 3 rings (SSSR count). The molecule has 0 amide bonds. The van der Waals surface area contributed by atoms with Gasteiger partial charge < -0.3 is 15.0 Å². The Morgan fingerprint density at radius 3 is 2.82 bits per heavy atom. The van der Waals surface area contributed by atoms with Crippen molar-refractivity contribution < 1.29 is 5.11 Å². The molecule has 5 nitrogen and oxygen atoms in total. The van der Waals surface area contributed by atoms with E-state index in [9.17, 15) is 5.11 Å². The molecule has 0 aromatic rings.